The summed E-state index contributed by atoms with van der Waals surface area (Å²) in [6.07, 6.45) is 8.70. The lowest BCUT2D eigenvalue weighted by atomic mass is 9.88. The molecule has 27 heavy (non-hydrogen) atoms. The Labute approximate surface area is 154 Å². The number of aryl methyl sites for hydroxylation is 1. The summed E-state index contributed by atoms with van der Waals surface area (Å²) in [5, 5.41) is 8.17. The number of nitrogens with zero attached hydrogens (tertiary/aromatic N) is 6. The van der Waals surface area contributed by atoms with Crippen molar-refractivity contribution in [2.45, 2.75) is 25.0 Å². The summed E-state index contributed by atoms with van der Waals surface area (Å²) in [4.78, 5) is 17.8. The van der Waals surface area contributed by atoms with Crippen molar-refractivity contribution in [2.24, 2.45) is 7.05 Å². The maximum atomic E-state index is 14.2. The van der Waals surface area contributed by atoms with E-state index in [1.807, 2.05) is 13.2 Å². The largest absolute Gasteiger partial charge is 0.473 e. The van der Waals surface area contributed by atoms with Crippen LogP contribution in [-0.4, -0.2) is 54.4 Å². The molecule has 0 spiro atoms. The molecule has 0 bridgehead atoms. The Morgan fingerprint density at radius 1 is 1.37 bits per heavy atom. The van der Waals surface area contributed by atoms with Gasteiger partial charge in [-0.1, -0.05) is 6.58 Å². The molecule has 0 saturated heterocycles. The Kier molecular flexibility index (Phi) is 4.14. The third-order valence-electron chi connectivity index (χ3n) is 4.84. The second-order valence-corrected chi connectivity index (χ2v) is 6.64. The van der Waals surface area contributed by atoms with Crippen molar-refractivity contribution < 1.29 is 13.9 Å². The monoisotopic (exact) mass is 370 g/mol. The minimum absolute atomic E-state index is 0.0767. The van der Waals surface area contributed by atoms with Crippen LogP contribution in [0.2, 0.25) is 0 Å². The van der Waals surface area contributed by atoms with Crippen molar-refractivity contribution in [3.63, 3.8) is 0 Å². The number of ether oxygens (including phenoxy) is 1. The van der Waals surface area contributed by atoms with Crippen LogP contribution in [0.5, 0.6) is 5.88 Å². The van der Waals surface area contributed by atoms with E-state index in [-0.39, 0.29) is 29.4 Å². The Morgan fingerprint density at radius 3 is 2.81 bits per heavy atom. The Morgan fingerprint density at radius 2 is 2.15 bits per heavy atom. The molecule has 0 aromatic carbocycles. The first-order valence-corrected chi connectivity index (χ1v) is 8.55. The normalized spacial score (nSPS) is 18.9. The summed E-state index contributed by atoms with van der Waals surface area (Å²) in [5.41, 5.74) is 1.56. The summed E-state index contributed by atoms with van der Waals surface area (Å²) < 4.78 is 23.2. The van der Waals surface area contributed by atoms with E-state index < -0.39 is 5.82 Å². The average Bonchev–Trinajstić information content (AvgIpc) is 3.22. The van der Waals surface area contributed by atoms with Gasteiger partial charge in [0, 0.05) is 44.7 Å². The van der Waals surface area contributed by atoms with E-state index in [1.165, 1.54) is 10.6 Å². The molecular weight excluding hydrogens is 351 g/mol. The molecule has 8 nitrogen and oxygen atoms in total. The van der Waals surface area contributed by atoms with E-state index in [2.05, 4.69) is 21.8 Å². The van der Waals surface area contributed by atoms with Crippen LogP contribution in [0.15, 0.2) is 37.4 Å². The number of carbonyl (C=O) groups excluding carboxylic acids is 1. The zero-order chi connectivity index (χ0) is 19.1. The summed E-state index contributed by atoms with van der Waals surface area (Å²) >= 11 is 0. The fourth-order valence-corrected chi connectivity index (χ4v) is 3.15. The topological polar surface area (TPSA) is 77.6 Å². The zero-order valence-corrected chi connectivity index (χ0v) is 15.0. The summed E-state index contributed by atoms with van der Waals surface area (Å²) in [5.74, 6) is -0.433. The highest BCUT2D eigenvalue weighted by Crippen LogP contribution is 2.32. The molecule has 0 atom stereocenters. The Hall–Kier alpha value is -3.23. The van der Waals surface area contributed by atoms with Crippen LogP contribution >= 0.6 is 0 Å². The number of carbonyl (C=O) groups is 1. The fourth-order valence-electron chi connectivity index (χ4n) is 3.15. The van der Waals surface area contributed by atoms with Crippen LogP contribution in [0.25, 0.3) is 16.8 Å². The number of amides is 1. The van der Waals surface area contributed by atoms with E-state index in [0.717, 1.165) is 11.8 Å². The molecule has 0 N–H and O–H groups in total. The second-order valence-electron chi connectivity index (χ2n) is 6.64. The third kappa shape index (κ3) is 3.05. The van der Waals surface area contributed by atoms with E-state index in [4.69, 9.17) is 4.74 Å². The van der Waals surface area contributed by atoms with Gasteiger partial charge in [0.15, 0.2) is 11.3 Å². The first-order valence-electron chi connectivity index (χ1n) is 8.55. The lowest BCUT2D eigenvalue weighted by Gasteiger charge is -2.40. The van der Waals surface area contributed by atoms with Crippen molar-refractivity contribution in [2.75, 3.05) is 7.05 Å². The minimum Gasteiger partial charge on any atom is -0.473 e. The smallest absolute Gasteiger partial charge is 0.245 e. The molecule has 0 aliphatic heterocycles. The predicted molar refractivity (Wildman–Crippen MR) is 95.6 cm³/mol. The molecule has 140 valence electrons. The number of aromatic nitrogens is 5. The molecule has 1 amide bonds. The van der Waals surface area contributed by atoms with Crippen molar-refractivity contribution in [3.8, 4) is 17.1 Å². The first-order chi connectivity index (χ1) is 13.0. The molecule has 3 aromatic rings. The molecular formula is C18H19FN6O2. The highest BCUT2D eigenvalue weighted by atomic mass is 19.1. The van der Waals surface area contributed by atoms with Crippen molar-refractivity contribution in [1.82, 2.24) is 29.3 Å². The van der Waals surface area contributed by atoms with Gasteiger partial charge in [0.1, 0.15) is 6.10 Å². The van der Waals surface area contributed by atoms with Crippen LogP contribution in [0, 0.1) is 5.82 Å². The summed E-state index contributed by atoms with van der Waals surface area (Å²) in [6.45, 7) is 3.50. The molecule has 3 heterocycles. The van der Waals surface area contributed by atoms with E-state index >= 15 is 0 Å². The van der Waals surface area contributed by atoms with E-state index in [1.54, 1.807) is 29.0 Å². The second kappa shape index (κ2) is 6.49. The number of fused-ring (bicyclic) bond motifs is 1. The van der Waals surface area contributed by atoms with Gasteiger partial charge in [0.2, 0.25) is 11.8 Å². The minimum atomic E-state index is -0.495. The van der Waals surface area contributed by atoms with Crippen molar-refractivity contribution in [1.29, 1.82) is 0 Å². The molecule has 4 rings (SSSR count). The molecule has 1 saturated carbocycles. The van der Waals surface area contributed by atoms with Crippen LogP contribution in [0.3, 0.4) is 0 Å². The SMILES string of the molecule is C=CC(=O)N(C)[C@H]1C[C@@H](Oc2nc(-c3cnn(C)c3)cn3ncc(F)c23)C1. The van der Waals surface area contributed by atoms with Gasteiger partial charge in [0.05, 0.1) is 24.3 Å². The maximum Gasteiger partial charge on any atom is 0.245 e. The van der Waals surface area contributed by atoms with Gasteiger partial charge in [-0.3, -0.25) is 9.48 Å². The molecule has 1 aliphatic rings. The molecule has 9 heteroatoms. The highest BCUT2D eigenvalue weighted by Gasteiger charge is 2.36. The Bertz CT molecular complexity index is 1020. The summed E-state index contributed by atoms with van der Waals surface area (Å²) in [6, 6.07) is 0.0767. The van der Waals surface area contributed by atoms with Gasteiger partial charge in [-0.15, -0.1) is 0 Å². The molecule has 3 aromatic heterocycles. The van der Waals surface area contributed by atoms with E-state index in [9.17, 15) is 9.18 Å². The van der Waals surface area contributed by atoms with Crippen molar-refractivity contribution >= 4 is 11.4 Å². The van der Waals surface area contributed by atoms with Gasteiger partial charge < -0.3 is 9.64 Å². The molecule has 0 radical (unpaired) electrons. The first kappa shape index (κ1) is 17.2. The fraction of sp³-hybridized carbons (Fsp3) is 0.333. The lowest BCUT2D eigenvalue weighted by molar-refractivity contribution is -0.130. The third-order valence-corrected chi connectivity index (χ3v) is 4.84. The van der Waals surface area contributed by atoms with Gasteiger partial charge in [-0.2, -0.15) is 10.2 Å². The number of hydrogen-bond donors (Lipinski definition) is 0. The number of hydrogen-bond acceptors (Lipinski definition) is 5. The molecule has 0 unspecified atom stereocenters. The molecule has 1 aliphatic carbocycles. The van der Waals surface area contributed by atoms with Gasteiger partial charge in [-0.05, 0) is 6.08 Å². The van der Waals surface area contributed by atoms with E-state index in [0.29, 0.717) is 18.5 Å². The van der Waals surface area contributed by atoms with Crippen LogP contribution < -0.4 is 4.74 Å². The van der Waals surface area contributed by atoms with Crippen LogP contribution in [0.4, 0.5) is 4.39 Å². The number of rotatable bonds is 5. The quantitative estimate of drug-likeness (QED) is 0.641. The predicted octanol–water partition coefficient (Wildman–Crippen LogP) is 1.82. The highest BCUT2D eigenvalue weighted by molar-refractivity contribution is 5.87. The number of halogens is 1. The maximum absolute atomic E-state index is 14.2. The standard InChI is InChI=1S/C18H19FN6O2/c1-4-16(26)24(3)12-5-13(6-12)27-18-17-14(19)8-21-25(17)10-15(22-18)11-7-20-23(2)9-11/h4,7-10,12-13H,1,5-6H2,2-3H3/t12-,13+. The van der Waals surface area contributed by atoms with Gasteiger partial charge in [0.25, 0.3) is 0 Å². The molecule has 1 fully saturated rings. The lowest BCUT2D eigenvalue weighted by Crippen LogP contribution is -2.49. The zero-order valence-electron chi connectivity index (χ0n) is 15.0. The van der Waals surface area contributed by atoms with Crippen LogP contribution in [-0.2, 0) is 11.8 Å². The Balaban J connectivity index is 1.59. The summed E-state index contributed by atoms with van der Waals surface area (Å²) in [7, 11) is 3.55. The van der Waals surface area contributed by atoms with Crippen molar-refractivity contribution in [3.05, 3.63) is 43.3 Å². The average molecular weight is 370 g/mol. The van der Waals surface area contributed by atoms with Gasteiger partial charge >= 0.3 is 0 Å². The number of likely N-dealkylation sites (N-methyl/N-ethyl adjacent to an activating group) is 1. The van der Waals surface area contributed by atoms with Gasteiger partial charge in [-0.25, -0.2) is 13.9 Å². The van der Waals surface area contributed by atoms with Crippen LogP contribution in [0.1, 0.15) is 12.8 Å².